The molecule has 0 amide bonds. The van der Waals surface area contributed by atoms with Crippen LogP contribution in [-0.4, -0.2) is 15.0 Å². The van der Waals surface area contributed by atoms with Gasteiger partial charge in [-0.1, -0.05) is 122 Å². The topological polar surface area (TPSA) is 9.86 Å². The fraction of sp³-hybridized carbons (Fsp3) is 0.0909. The fourth-order valence-corrected chi connectivity index (χ4v) is 16.0. The SMILES string of the molecule is [Ag+].[Au+].[C-]#CC1=Cc2c(n(C)c3ccccc23)CC1.[C-]#Cc1ccc2c(c1)c1ccccc1n2C.c1ccc([PH+](C[PH+](c2ccccc2)c2ccccc2)c2ccccc2)cc1. The summed E-state index contributed by atoms with van der Waals surface area (Å²) in [5.74, 6) is 6.20. The Balaban J connectivity index is 0.000000159. The number of allylic oxidation sites excluding steroid dienone is 1. The summed E-state index contributed by atoms with van der Waals surface area (Å²) >= 11 is 0. The van der Waals surface area contributed by atoms with Gasteiger partial charge >= 0.3 is 44.8 Å². The Morgan fingerprint density at radius 1 is 0.475 bits per heavy atom. The van der Waals surface area contributed by atoms with Crippen LogP contribution in [0.2, 0.25) is 0 Å². The van der Waals surface area contributed by atoms with Crippen molar-refractivity contribution in [2.24, 2.45) is 14.1 Å². The van der Waals surface area contributed by atoms with Crippen molar-refractivity contribution in [3.63, 3.8) is 0 Å². The van der Waals surface area contributed by atoms with E-state index in [0.717, 1.165) is 24.0 Å². The molecular formula is C55H46AgAuN2P2+2. The number of nitrogens with zero attached hydrogens (tertiary/aromatic N) is 2. The number of benzene rings is 7. The van der Waals surface area contributed by atoms with Crippen LogP contribution in [0.5, 0.6) is 0 Å². The van der Waals surface area contributed by atoms with Gasteiger partial charge in [0.05, 0.1) is 0 Å². The predicted octanol–water partition coefficient (Wildman–Crippen LogP) is 11.0. The summed E-state index contributed by atoms with van der Waals surface area (Å²) < 4.78 is 4.44. The van der Waals surface area contributed by atoms with Gasteiger partial charge in [-0.05, 0) is 78.0 Å². The van der Waals surface area contributed by atoms with Gasteiger partial charge in [-0.25, -0.2) is 0 Å². The summed E-state index contributed by atoms with van der Waals surface area (Å²) in [6.07, 6.45) is 18.5. The van der Waals surface area contributed by atoms with Gasteiger partial charge in [-0.15, -0.1) is 29.3 Å². The summed E-state index contributed by atoms with van der Waals surface area (Å²) in [5, 5.41) is 9.72. The Morgan fingerprint density at radius 3 is 1.38 bits per heavy atom. The van der Waals surface area contributed by atoms with E-state index < -0.39 is 15.8 Å². The van der Waals surface area contributed by atoms with Crippen molar-refractivity contribution in [3.8, 4) is 11.8 Å². The van der Waals surface area contributed by atoms with Crippen LogP contribution in [0.25, 0.3) is 38.8 Å². The van der Waals surface area contributed by atoms with Crippen molar-refractivity contribution < 1.29 is 44.8 Å². The summed E-state index contributed by atoms with van der Waals surface area (Å²) in [5.41, 5.74) is 8.17. The van der Waals surface area contributed by atoms with Gasteiger partial charge in [-0.2, -0.15) is 0 Å². The summed E-state index contributed by atoms with van der Waals surface area (Å²) in [7, 11) is 2.49. The molecule has 0 spiro atoms. The van der Waals surface area contributed by atoms with Crippen molar-refractivity contribution in [1.82, 2.24) is 9.13 Å². The van der Waals surface area contributed by atoms with Gasteiger partial charge in [0, 0.05) is 47.1 Å². The van der Waals surface area contributed by atoms with Gasteiger partial charge in [0.15, 0.2) is 5.90 Å². The van der Waals surface area contributed by atoms with E-state index in [9.17, 15) is 0 Å². The van der Waals surface area contributed by atoms with Crippen molar-refractivity contribution >= 4 is 75.8 Å². The molecule has 7 aromatic carbocycles. The van der Waals surface area contributed by atoms with E-state index in [1.54, 1.807) is 0 Å². The zero-order chi connectivity index (χ0) is 40.6. The van der Waals surface area contributed by atoms with E-state index in [2.05, 4.69) is 199 Å². The van der Waals surface area contributed by atoms with Gasteiger partial charge in [0.1, 0.15) is 37.1 Å². The van der Waals surface area contributed by atoms with Crippen LogP contribution in [0, 0.1) is 24.7 Å². The van der Waals surface area contributed by atoms with E-state index in [1.165, 1.54) is 71.1 Å². The summed E-state index contributed by atoms with van der Waals surface area (Å²) in [6, 6.07) is 67.2. The van der Waals surface area contributed by atoms with Crippen molar-refractivity contribution in [2.75, 3.05) is 5.90 Å². The first-order valence-electron chi connectivity index (χ1n) is 20.1. The third-order valence-corrected chi connectivity index (χ3v) is 18.2. The molecule has 6 heteroatoms. The quantitative estimate of drug-likeness (QED) is 0.0680. The molecule has 0 saturated carbocycles. The molecule has 10 rings (SSSR count). The Bertz CT molecular complexity index is 2800. The average Bonchev–Trinajstić information content (AvgIpc) is 3.77. The second kappa shape index (κ2) is 21.7. The number of fused-ring (bicyclic) bond motifs is 6. The second-order valence-electron chi connectivity index (χ2n) is 14.8. The van der Waals surface area contributed by atoms with Gasteiger partial charge in [-0.3, -0.25) is 11.8 Å². The van der Waals surface area contributed by atoms with Crippen LogP contribution < -0.4 is 21.2 Å². The molecule has 0 unspecified atom stereocenters. The summed E-state index contributed by atoms with van der Waals surface area (Å²) in [4.78, 5) is 0. The maximum Gasteiger partial charge on any atom is 1.00 e. The van der Waals surface area contributed by atoms with Crippen LogP contribution in [-0.2, 0) is 65.3 Å². The Kier molecular flexibility index (Phi) is 16.3. The van der Waals surface area contributed by atoms with Gasteiger partial charge in [0.25, 0.3) is 0 Å². The number of hydrogen-bond acceptors (Lipinski definition) is 0. The van der Waals surface area contributed by atoms with Crippen LogP contribution in [0.3, 0.4) is 0 Å². The Morgan fingerprint density at radius 2 is 0.902 bits per heavy atom. The monoisotopic (exact) mass is 1100 g/mol. The molecule has 2 aromatic heterocycles. The van der Waals surface area contributed by atoms with E-state index >= 15 is 0 Å². The molecule has 306 valence electrons. The number of aryl methyl sites for hydroxylation is 2. The third-order valence-electron chi connectivity index (χ3n) is 11.3. The van der Waals surface area contributed by atoms with E-state index in [0.29, 0.717) is 0 Å². The zero-order valence-electron chi connectivity index (χ0n) is 34.1. The van der Waals surface area contributed by atoms with Crippen LogP contribution in [0.1, 0.15) is 23.2 Å². The normalized spacial score (nSPS) is 11.5. The van der Waals surface area contributed by atoms with Crippen molar-refractivity contribution in [3.05, 3.63) is 223 Å². The van der Waals surface area contributed by atoms with Crippen LogP contribution >= 0.6 is 15.8 Å². The smallest absolute Gasteiger partial charge is 0.366 e. The first kappa shape index (κ1) is 45.6. The Labute approximate surface area is 394 Å². The van der Waals surface area contributed by atoms with Crippen molar-refractivity contribution in [2.45, 2.75) is 12.8 Å². The van der Waals surface area contributed by atoms with Crippen molar-refractivity contribution in [1.29, 1.82) is 0 Å². The maximum absolute atomic E-state index is 7.23. The fourth-order valence-electron chi connectivity index (χ4n) is 8.26. The zero-order valence-corrected chi connectivity index (χ0v) is 39.7. The van der Waals surface area contributed by atoms with Gasteiger partial charge in [0.2, 0.25) is 0 Å². The molecule has 1 aliphatic rings. The molecule has 2 nitrogen and oxygen atoms in total. The Hall–Kier alpha value is -4.92. The minimum absolute atomic E-state index is 0. The molecule has 0 radical (unpaired) electrons. The molecule has 0 N–H and O–H groups in total. The number of para-hydroxylation sites is 2. The third kappa shape index (κ3) is 10.2. The second-order valence-corrected chi connectivity index (χ2v) is 20.4. The first-order chi connectivity index (χ1) is 29.0. The molecule has 0 fully saturated rings. The number of aromatic nitrogens is 2. The molecular weight excluding hydrogens is 1060 g/mol. The summed E-state index contributed by atoms with van der Waals surface area (Å²) in [6.45, 7) is 0. The molecule has 2 heterocycles. The minimum Gasteiger partial charge on any atom is -0.366 e. The van der Waals surface area contributed by atoms with E-state index in [-0.39, 0.29) is 44.8 Å². The maximum atomic E-state index is 7.23. The van der Waals surface area contributed by atoms with E-state index in [1.807, 2.05) is 30.3 Å². The molecule has 1 aliphatic carbocycles. The number of hydrogen-bond donors (Lipinski definition) is 0. The molecule has 61 heavy (non-hydrogen) atoms. The van der Waals surface area contributed by atoms with E-state index in [4.69, 9.17) is 12.8 Å². The minimum atomic E-state index is -0.847. The number of rotatable bonds is 6. The first-order valence-corrected chi connectivity index (χ1v) is 23.5. The molecule has 0 aliphatic heterocycles. The predicted molar refractivity (Wildman–Crippen MR) is 259 cm³/mol. The molecule has 0 bridgehead atoms. The molecule has 9 aromatic rings. The standard InChI is InChI=1S/C25H22P2.C15H12N.C15H10N.Ag.Au/c1-5-13-22(14-6-1)26(23-15-7-2-8-16-23)21-27(24-17-9-3-10-18-24)25-19-11-4-12-20-25;2*1-3-11-8-9-15-13(10-11)12-6-4-5-7-14(12)16(15)2;;/h1-20H,21H2;4-7,10H,8-9H2,2H3;4-10H,2H3;;/q;2*-1;2*+1/p+2. The largest absolute Gasteiger partial charge is 1.00 e. The van der Waals surface area contributed by atoms with Crippen LogP contribution in [0.15, 0.2) is 194 Å². The van der Waals surface area contributed by atoms with Gasteiger partial charge < -0.3 is 22.0 Å². The average molecular weight is 1100 g/mol. The van der Waals surface area contributed by atoms with Crippen LogP contribution in [0.4, 0.5) is 0 Å². The molecule has 0 atom stereocenters. The molecule has 0 saturated heterocycles.